The van der Waals surface area contributed by atoms with E-state index in [0.29, 0.717) is 5.92 Å². The topological polar surface area (TPSA) is 0 Å². The van der Waals surface area contributed by atoms with Gasteiger partial charge in [-0.25, -0.2) is 0 Å². The standard InChI is InChI=1S/C9H14S/c1-4-8-5-6-10-9(8)7(2)3/h5-7H,4H2,1-3H3. The van der Waals surface area contributed by atoms with Crippen LogP contribution in [0.3, 0.4) is 0 Å². The highest BCUT2D eigenvalue weighted by molar-refractivity contribution is 7.10. The van der Waals surface area contributed by atoms with Gasteiger partial charge in [0.2, 0.25) is 0 Å². The highest BCUT2D eigenvalue weighted by atomic mass is 32.1. The Morgan fingerprint density at radius 3 is 2.60 bits per heavy atom. The highest BCUT2D eigenvalue weighted by Crippen LogP contribution is 2.25. The molecule has 1 aromatic rings. The van der Waals surface area contributed by atoms with Gasteiger partial charge >= 0.3 is 0 Å². The minimum Gasteiger partial charge on any atom is -0.148 e. The van der Waals surface area contributed by atoms with Crippen molar-refractivity contribution in [3.05, 3.63) is 21.9 Å². The number of thiophene rings is 1. The maximum atomic E-state index is 2.25. The van der Waals surface area contributed by atoms with Crippen molar-refractivity contribution < 1.29 is 0 Å². The molecule has 0 saturated carbocycles. The second-order valence-electron chi connectivity index (χ2n) is 2.82. The molecule has 0 spiro atoms. The summed E-state index contributed by atoms with van der Waals surface area (Å²) in [7, 11) is 0. The van der Waals surface area contributed by atoms with E-state index in [4.69, 9.17) is 0 Å². The smallest absolute Gasteiger partial charge is 0.0102 e. The maximum Gasteiger partial charge on any atom is 0.0102 e. The molecule has 1 rings (SSSR count). The number of hydrogen-bond donors (Lipinski definition) is 0. The van der Waals surface area contributed by atoms with Crippen molar-refractivity contribution in [3.63, 3.8) is 0 Å². The molecular formula is C9H14S. The van der Waals surface area contributed by atoms with Gasteiger partial charge in [-0.15, -0.1) is 11.3 Å². The summed E-state index contributed by atoms with van der Waals surface area (Å²) in [4.78, 5) is 1.56. The average Bonchev–Trinajstić information content (AvgIpc) is 2.33. The van der Waals surface area contributed by atoms with E-state index in [1.54, 1.807) is 4.88 Å². The summed E-state index contributed by atoms with van der Waals surface area (Å²) >= 11 is 1.88. The molecule has 1 aromatic heterocycles. The molecular weight excluding hydrogens is 140 g/mol. The number of aryl methyl sites for hydroxylation is 1. The largest absolute Gasteiger partial charge is 0.148 e. The van der Waals surface area contributed by atoms with Crippen molar-refractivity contribution in [1.29, 1.82) is 0 Å². The van der Waals surface area contributed by atoms with Gasteiger partial charge in [0.25, 0.3) is 0 Å². The lowest BCUT2D eigenvalue weighted by molar-refractivity contribution is 0.870. The van der Waals surface area contributed by atoms with Gasteiger partial charge in [0.15, 0.2) is 0 Å². The first-order valence-corrected chi connectivity index (χ1v) is 4.70. The van der Waals surface area contributed by atoms with Crippen LogP contribution in [-0.4, -0.2) is 0 Å². The van der Waals surface area contributed by atoms with Crippen LogP contribution in [0.1, 0.15) is 37.1 Å². The molecule has 0 unspecified atom stereocenters. The molecule has 0 aliphatic rings. The summed E-state index contributed by atoms with van der Waals surface area (Å²) in [5.74, 6) is 0.704. The predicted octanol–water partition coefficient (Wildman–Crippen LogP) is 3.43. The van der Waals surface area contributed by atoms with Crippen LogP contribution in [0.25, 0.3) is 0 Å². The molecule has 0 amide bonds. The van der Waals surface area contributed by atoms with Crippen molar-refractivity contribution in [1.82, 2.24) is 0 Å². The number of rotatable bonds is 2. The molecule has 0 radical (unpaired) electrons. The average molecular weight is 154 g/mol. The van der Waals surface area contributed by atoms with E-state index in [1.807, 2.05) is 11.3 Å². The second kappa shape index (κ2) is 3.20. The van der Waals surface area contributed by atoms with Crippen molar-refractivity contribution in [2.75, 3.05) is 0 Å². The van der Waals surface area contributed by atoms with Crippen LogP contribution >= 0.6 is 11.3 Å². The molecule has 0 aliphatic heterocycles. The van der Waals surface area contributed by atoms with Crippen LogP contribution in [0, 0.1) is 0 Å². The van der Waals surface area contributed by atoms with Crippen LogP contribution in [0.2, 0.25) is 0 Å². The lowest BCUT2D eigenvalue weighted by Gasteiger charge is -2.03. The predicted molar refractivity (Wildman–Crippen MR) is 47.8 cm³/mol. The fraction of sp³-hybridized carbons (Fsp3) is 0.556. The molecule has 1 heteroatoms. The molecule has 10 heavy (non-hydrogen) atoms. The minimum absolute atomic E-state index is 0.704. The van der Waals surface area contributed by atoms with E-state index in [-0.39, 0.29) is 0 Å². The molecule has 0 bridgehead atoms. The van der Waals surface area contributed by atoms with E-state index in [2.05, 4.69) is 32.2 Å². The van der Waals surface area contributed by atoms with Gasteiger partial charge in [0, 0.05) is 4.88 Å². The molecule has 1 heterocycles. The Kier molecular flexibility index (Phi) is 2.50. The third-order valence-electron chi connectivity index (χ3n) is 1.69. The van der Waals surface area contributed by atoms with Crippen molar-refractivity contribution in [3.8, 4) is 0 Å². The Labute approximate surface area is 66.9 Å². The normalized spacial score (nSPS) is 10.8. The van der Waals surface area contributed by atoms with Gasteiger partial charge in [0.05, 0.1) is 0 Å². The number of hydrogen-bond acceptors (Lipinski definition) is 1. The Hall–Kier alpha value is -0.300. The zero-order valence-electron chi connectivity index (χ0n) is 6.85. The van der Waals surface area contributed by atoms with E-state index < -0.39 is 0 Å². The van der Waals surface area contributed by atoms with Gasteiger partial charge in [-0.1, -0.05) is 20.8 Å². The van der Waals surface area contributed by atoms with Crippen molar-refractivity contribution >= 4 is 11.3 Å². The summed E-state index contributed by atoms with van der Waals surface area (Å²) in [6.45, 7) is 6.73. The molecule has 0 fully saturated rings. The third-order valence-corrected chi connectivity index (χ3v) is 2.95. The summed E-state index contributed by atoms with van der Waals surface area (Å²) in [5.41, 5.74) is 1.53. The monoisotopic (exact) mass is 154 g/mol. The van der Waals surface area contributed by atoms with Crippen molar-refractivity contribution in [2.24, 2.45) is 0 Å². The summed E-state index contributed by atoms with van der Waals surface area (Å²) in [6, 6.07) is 2.24. The molecule has 0 N–H and O–H groups in total. The van der Waals surface area contributed by atoms with Crippen molar-refractivity contribution in [2.45, 2.75) is 33.1 Å². The highest BCUT2D eigenvalue weighted by Gasteiger charge is 2.04. The second-order valence-corrected chi connectivity index (χ2v) is 3.77. The van der Waals surface area contributed by atoms with E-state index >= 15 is 0 Å². The first-order valence-electron chi connectivity index (χ1n) is 3.82. The van der Waals surface area contributed by atoms with E-state index in [0.717, 1.165) is 0 Å². The SMILES string of the molecule is CCc1ccsc1C(C)C. The maximum absolute atomic E-state index is 2.25. The molecule has 0 aliphatic carbocycles. The van der Waals surface area contributed by atoms with Gasteiger partial charge in [-0.2, -0.15) is 0 Å². The van der Waals surface area contributed by atoms with Gasteiger partial charge < -0.3 is 0 Å². The molecule has 0 saturated heterocycles. The quantitative estimate of drug-likeness (QED) is 0.612. The first kappa shape index (κ1) is 7.80. The van der Waals surface area contributed by atoms with Crippen LogP contribution in [0.4, 0.5) is 0 Å². The molecule has 0 nitrogen and oxygen atoms in total. The van der Waals surface area contributed by atoms with Gasteiger partial charge in [-0.3, -0.25) is 0 Å². The lowest BCUT2D eigenvalue weighted by atomic mass is 10.1. The third kappa shape index (κ3) is 1.40. The minimum atomic E-state index is 0.704. The lowest BCUT2D eigenvalue weighted by Crippen LogP contribution is -1.87. The Morgan fingerprint density at radius 1 is 1.50 bits per heavy atom. The van der Waals surface area contributed by atoms with Gasteiger partial charge in [0.1, 0.15) is 0 Å². The first-order chi connectivity index (χ1) is 4.75. The fourth-order valence-corrected chi connectivity index (χ4v) is 2.16. The molecule has 0 aromatic carbocycles. The van der Waals surface area contributed by atoms with Crippen LogP contribution in [-0.2, 0) is 6.42 Å². The Bertz CT molecular complexity index is 198. The zero-order chi connectivity index (χ0) is 7.56. The van der Waals surface area contributed by atoms with Crippen LogP contribution in [0.5, 0.6) is 0 Å². The Morgan fingerprint density at radius 2 is 2.20 bits per heavy atom. The molecule has 0 atom stereocenters. The van der Waals surface area contributed by atoms with E-state index in [9.17, 15) is 0 Å². The summed E-state index contributed by atoms with van der Waals surface area (Å²) in [5, 5.41) is 2.19. The molecule has 56 valence electrons. The van der Waals surface area contributed by atoms with Gasteiger partial charge in [-0.05, 0) is 29.3 Å². The summed E-state index contributed by atoms with van der Waals surface area (Å²) < 4.78 is 0. The Balaban J connectivity index is 2.90. The summed E-state index contributed by atoms with van der Waals surface area (Å²) in [6.07, 6.45) is 1.18. The fourth-order valence-electron chi connectivity index (χ4n) is 1.15. The van der Waals surface area contributed by atoms with Crippen LogP contribution in [0.15, 0.2) is 11.4 Å². The zero-order valence-corrected chi connectivity index (χ0v) is 7.66. The van der Waals surface area contributed by atoms with E-state index in [1.165, 1.54) is 12.0 Å². The van der Waals surface area contributed by atoms with Crippen LogP contribution < -0.4 is 0 Å².